The van der Waals surface area contributed by atoms with Crippen molar-refractivity contribution in [1.82, 2.24) is 9.55 Å². The predicted molar refractivity (Wildman–Crippen MR) is 108 cm³/mol. The highest BCUT2D eigenvalue weighted by molar-refractivity contribution is 7.99. The number of carbonyl (C=O) groups excluding carboxylic acids is 1. The van der Waals surface area contributed by atoms with E-state index in [9.17, 15) is 19.7 Å². The number of fused-ring (bicyclic) bond motifs is 1. The van der Waals surface area contributed by atoms with Crippen LogP contribution in [0, 0.1) is 16.0 Å². The molecule has 3 rings (SSSR count). The molecule has 1 aliphatic rings. The number of hydrogen-bond donors (Lipinski definition) is 1. The first kappa shape index (κ1) is 20.3. The average Bonchev–Trinajstić information content (AvgIpc) is 2.62. The molecule has 0 spiro atoms. The fraction of sp³-hybridized carbons (Fsp3) is 0.389. The van der Waals surface area contributed by atoms with Crippen molar-refractivity contribution in [3.63, 3.8) is 0 Å². The summed E-state index contributed by atoms with van der Waals surface area (Å²) < 4.78 is 1.50. The number of nitro groups is 1. The lowest BCUT2D eigenvalue weighted by Crippen LogP contribution is -2.37. The quantitative estimate of drug-likeness (QED) is 0.461. The molecule has 1 aromatic heterocycles. The molecule has 0 bridgehead atoms. The Labute approximate surface area is 170 Å². The normalized spacial score (nSPS) is 16.4. The van der Waals surface area contributed by atoms with Crippen molar-refractivity contribution in [2.45, 2.75) is 37.9 Å². The number of nitrogens with one attached hydrogen (secondary N) is 1. The van der Waals surface area contributed by atoms with Crippen LogP contribution in [0.2, 0.25) is 5.02 Å². The summed E-state index contributed by atoms with van der Waals surface area (Å²) in [5, 5.41) is 14.3. The van der Waals surface area contributed by atoms with Gasteiger partial charge in [0.15, 0.2) is 5.16 Å². The van der Waals surface area contributed by atoms with Gasteiger partial charge in [0.05, 0.1) is 16.5 Å². The Morgan fingerprint density at radius 1 is 1.39 bits per heavy atom. The van der Waals surface area contributed by atoms with Crippen LogP contribution in [0.15, 0.2) is 34.2 Å². The van der Waals surface area contributed by atoms with E-state index in [1.54, 1.807) is 0 Å². The SMILES string of the molecule is CC(C)(C)c1cc(=O)n2c(n1)SCC(C(=O)Nc1ccc(Cl)c([N+](=O)[O-])c1)C2. The maximum Gasteiger partial charge on any atom is 0.289 e. The zero-order valence-corrected chi connectivity index (χ0v) is 17.1. The van der Waals surface area contributed by atoms with Gasteiger partial charge in [-0.1, -0.05) is 44.1 Å². The van der Waals surface area contributed by atoms with E-state index in [2.05, 4.69) is 10.3 Å². The number of thioether (sulfide) groups is 1. The van der Waals surface area contributed by atoms with E-state index in [0.717, 1.165) is 0 Å². The number of carbonyl (C=O) groups is 1. The minimum Gasteiger partial charge on any atom is -0.326 e. The zero-order valence-electron chi connectivity index (χ0n) is 15.6. The Morgan fingerprint density at radius 2 is 2.11 bits per heavy atom. The van der Waals surface area contributed by atoms with Crippen LogP contribution < -0.4 is 10.9 Å². The van der Waals surface area contributed by atoms with Gasteiger partial charge >= 0.3 is 0 Å². The van der Waals surface area contributed by atoms with Crippen molar-refractivity contribution in [2.75, 3.05) is 11.1 Å². The molecule has 0 fully saturated rings. The van der Waals surface area contributed by atoms with Crippen molar-refractivity contribution < 1.29 is 9.72 Å². The molecule has 1 amide bonds. The Kier molecular flexibility index (Phi) is 5.49. The highest BCUT2D eigenvalue weighted by Crippen LogP contribution is 2.30. The number of aromatic nitrogens is 2. The lowest BCUT2D eigenvalue weighted by atomic mass is 9.92. The van der Waals surface area contributed by atoms with Crippen molar-refractivity contribution in [3.05, 3.63) is 55.5 Å². The summed E-state index contributed by atoms with van der Waals surface area (Å²) in [6.45, 7) is 6.17. The maximum absolute atomic E-state index is 12.6. The van der Waals surface area contributed by atoms with Gasteiger partial charge in [0.25, 0.3) is 11.2 Å². The summed E-state index contributed by atoms with van der Waals surface area (Å²) in [5.41, 5.74) is 0.283. The third-order valence-electron chi connectivity index (χ3n) is 4.34. The van der Waals surface area contributed by atoms with Crippen LogP contribution >= 0.6 is 23.4 Å². The molecule has 28 heavy (non-hydrogen) atoms. The first-order valence-corrected chi connectivity index (χ1v) is 9.92. The molecular weight excluding hydrogens is 404 g/mol. The van der Waals surface area contributed by atoms with E-state index in [1.807, 2.05) is 20.8 Å². The summed E-state index contributed by atoms with van der Waals surface area (Å²) >= 11 is 7.14. The van der Waals surface area contributed by atoms with Gasteiger partial charge in [-0.05, 0) is 12.1 Å². The lowest BCUT2D eigenvalue weighted by molar-refractivity contribution is -0.384. The number of nitrogens with zero attached hydrogens (tertiary/aromatic N) is 3. The zero-order chi connectivity index (χ0) is 20.6. The maximum atomic E-state index is 12.6. The second-order valence-corrected chi connectivity index (χ2v) is 8.94. The van der Waals surface area contributed by atoms with Gasteiger partial charge in [0.2, 0.25) is 5.91 Å². The molecule has 1 N–H and O–H groups in total. The minimum atomic E-state index is -0.608. The van der Waals surface area contributed by atoms with Crippen molar-refractivity contribution >= 4 is 40.6 Å². The van der Waals surface area contributed by atoms with Gasteiger partial charge in [0, 0.05) is 35.5 Å². The molecule has 8 nitrogen and oxygen atoms in total. The number of hydrogen-bond acceptors (Lipinski definition) is 6. The van der Waals surface area contributed by atoms with Crippen LogP contribution in [0.5, 0.6) is 0 Å². The molecule has 0 radical (unpaired) electrons. The summed E-state index contributed by atoms with van der Waals surface area (Å²) in [6.07, 6.45) is 0. The molecule has 0 aliphatic carbocycles. The van der Waals surface area contributed by atoms with Crippen molar-refractivity contribution in [2.24, 2.45) is 5.92 Å². The molecule has 1 aliphatic heterocycles. The van der Waals surface area contributed by atoms with Gasteiger partial charge in [-0.2, -0.15) is 0 Å². The molecule has 0 saturated heterocycles. The fourth-order valence-electron chi connectivity index (χ4n) is 2.73. The summed E-state index contributed by atoms with van der Waals surface area (Å²) in [4.78, 5) is 40.1. The monoisotopic (exact) mass is 422 g/mol. The van der Waals surface area contributed by atoms with Gasteiger partial charge in [0.1, 0.15) is 5.02 Å². The largest absolute Gasteiger partial charge is 0.326 e. The second-order valence-electron chi connectivity index (χ2n) is 7.54. The van der Waals surface area contributed by atoms with Crippen LogP contribution in [0.1, 0.15) is 26.5 Å². The molecule has 148 valence electrons. The van der Waals surface area contributed by atoms with E-state index in [4.69, 9.17) is 11.6 Å². The number of rotatable bonds is 3. The van der Waals surface area contributed by atoms with Crippen LogP contribution in [0.25, 0.3) is 0 Å². The number of halogens is 1. The first-order valence-electron chi connectivity index (χ1n) is 8.56. The summed E-state index contributed by atoms with van der Waals surface area (Å²) in [6, 6.07) is 5.59. The topological polar surface area (TPSA) is 107 Å². The molecule has 1 aromatic carbocycles. The van der Waals surface area contributed by atoms with Gasteiger partial charge in [-0.25, -0.2) is 4.98 Å². The summed E-state index contributed by atoms with van der Waals surface area (Å²) in [5.74, 6) is -0.324. The smallest absolute Gasteiger partial charge is 0.289 e. The highest BCUT2D eigenvalue weighted by atomic mass is 35.5. The molecule has 10 heteroatoms. The third kappa shape index (κ3) is 4.20. The van der Waals surface area contributed by atoms with Gasteiger partial charge in [-0.15, -0.1) is 0 Å². The summed E-state index contributed by atoms with van der Waals surface area (Å²) in [7, 11) is 0. The molecule has 2 heterocycles. The predicted octanol–water partition coefficient (Wildman–Crippen LogP) is 3.46. The Balaban J connectivity index is 1.79. The van der Waals surface area contributed by atoms with Crippen LogP contribution in [0.3, 0.4) is 0 Å². The highest BCUT2D eigenvalue weighted by Gasteiger charge is 2.29. The fourth-order valence-corrected chi connectivity index (χ4v) is 4.01. The number of benzene rings is 1. The van der Waals surface area contributed by atoms with Crippen LogP contribution in [0.4, 0.5) is 11.4 Å². The standard InChI is InChI=1S/C18H19ClN4O4S/c1-18(2,3)14-7-15(24)22-8-10(9-28-17(22)21-14)16(25)20-11-4-5-12(19)13(6-11)23(26)27/h4-7,10H,8-9H2,1-3H3,(H,20,25). The molecular formula is C18H19ClN4O4S. The van der Waals surface area contributed by atoms with Crippen LogP contribution in [-0.2, 0) is 16.8 Å². The van der Waals surface area contributed by atoms with E-state index in [1.165, 1.54) is 40.6 Å². The van der Waals surface area contributed by atoms with Crippen molar-refractivity contribution in [1.29, 1.82) is 0 Å². The Morgan fingerprint density at radius 3 is 2.75 bits per heavy atom. The minimum absolute atomic E-state index is 0.00238. The Bertz CT molecular complexity index is 1020. The first-order chi connectivity index (χ1) is 13.1. The van der Waals surface area contributed by atoms with Gasteiger partial charge in [-0.3, -0.25) is 24.3 Å². The van der Waals surface area contributed by atoms with E-state index in [0.29, 0.717) is 16.6 Å². The van der Waals surface area contributed by atoms with E-state index in [-0.39, 0.29) is 39.8 Å². The van der Waals surface area contributed by atoms with Crippen molar-refractivity contribution in [3.8, 4) is 0 Å². The number of amides is 1. The second kappa shape index (κ2) is 7.56. The lowest BCUT2D eigenvalue weighted by Gasteiger charge is -2.26. The molecule has 1 atom stereocenters. The van der Waals surface area contributed by atoms with E-state index >= 15 is 0 Å². The number of nitro benzene ring substituents is 1. The number of anilines is 1. The van der Waals surface area contributed by atoms with Crippen LogP contribution in [-0.4, -0.2) is 26.1 Å². The van der Waals surface area contributed by atoms with E-state index < -0.39 is 10.8 Å². The molecule has 2 aromatic rings. The average molecular weight is 423 g/mol. The molecule has 1 unspecified atom stereocenters. The molecule has 0 saturated carbocycles. The Hall–Kier alpha value is -2.39. The third-order valence-corrected chi connectivity index (χ3v) is 5.80. The van der Waals surface area contributed by atoms with Gasteiger partial charge < -0.3 is 5.32 Å².